The molecule has 12 heavy (non-hydrogen) atoms. The Hall–Kier alpha value is -0.0400. The van der Waals surface area contributed by atoms with Crippen molar-refractivity contribution in [3.8, 4) is 0 Å². The van der Waals surface area contributed by atoms with Crippen molar-refractivity contribution in [1.82, 2.24) is 0 Å². The summed E-state index contributed by atoms with van der Waals surface area (Å²) >= 11 is 0. The van der Waals surface area contributed by atoms with Crippen LogP contribution in [0.1, 0.15) is 58.8 Å². The lowest BCUT2D eigenvalue weighted by Crippen LogP contribution is -2.02. The molecule has 0 aliphatic rings. The molecule has 1 radical (unpaired) electrons. The quantitative estimate of drug-likeness (QED) is 0.495. The highest BCUT2D eigenvalue weighted by Gasteiger charge is 2.03. The summed E-state index contributed by atoms with van der Waals surface area (Å²) in [6.07, 6.45) is 8.82. The van der Waals surface area contributed by atoms with E-state index in [1.165, 1.54) is 32.1 Å². The third kappa shape index (κ3) is 6.66. The van der Waals surface area contributed by atoms with Crippen LogP contribution in [0.25, 0.3) is 0 Å². The summed E-state index contributed by atoms with van der Waals surface area (Å²) in [4.78, 5) is 0. The normalized spacial score (nSPS) is 13.2. The van der Waals surface area contributed by atoms with Gasteiger partial charge in [0, 0.05) is 0 Å². The molecular formula is C11H23O. The van der Waals surface area contributed by atoms with E-state index in [0.29, 0.717) is 5.92 Å². The minimum Gasteiger partial charge on any atom is -0.236 e. The lowest BCUT2D eigenvalue weighted by Gasteiger charge is -2.09. The van der Waals surface area contributed by atoms with Gasteiger partial charge in [-0.2, -0.15) is 0 Å². The van der Waals surface area contributed by atoms with Crippen LogP contribution in [0.3, 0.4) is 0 Å². The van der Waals surface area contributed by atoms with Gasteiger partial charge in [0.05, 0.1) is 6.61 Å². The molecule has 0 aliphatic carbocycles. The maximum Gasteiger partial charge on any atom is 0.0850 e. The van der Waals surface area contributed by atoms with Crippen LogP contribution in [0.15, 0.2) is 0 Å². The van der Waals surface area contributed by atoms with E-state index in [1.807, 2.05) is 0 Å². The number of unbranched alkanes of at least 4 members (excludes halogenated alkanes) is 4. The van der Waals surface area contributed by atoms with Crippen LogP contribution in [0.2, 0.25) is 0 Å². The SMILES string of the molecule is CCCCCCCC(CC)C[O]. The number of rotatable bonds is 8. The zero-order valence-corrected chi connectivity index (χ0v) is 8.64. The summed E-state index contributed by atoms with van der Waals surface area (Å²) in [5.41, 5.74) is 0. The van der Waals surface area contributed by atoms with Gasteiger partial charge in [0.25, 0.3) is 0 Å². The van der Waals surface area contributed by atoms with E-state index >= 15 is 0 Å². The maximum atomic E-state index is 10.6. The summed E-state index contributed by atoms with van der Waals surface area (Å²) in [6, 6.07) is 0. The van der Waals surface area contributed by atoms with Gasteiger partial charge in [-0.1, -0.05) is 52.4 Å². The molecule has 1 atom stereocenters. The number of hydrogen-bond acceptors (Lipinski definition) is 0. The van der Waals surface area contributed by atoms with E-state index in [1.54, 1.807) is 0 Å². The largest absolute Gasteiger partial charge is 0.236 e. The first kappa shape index (κ1) is 12.0. The average molecular weight is 171 g/mol. The highest BCUT2D eigenvalue weighted by Crippen LogP contribution is 2.13. The fourth-order valence-corrected chi connectivity index (χ4v) is 1.44. The fourth-order valence-electron chi connectivity index (χ4n) is 1.44. The van der Waals surface area contributed by atoms with Crippen molar-refractivity contribution in [1.29, 1.82) is 0 Å². The van der Waals surface area contributed by atoms with Gasteiger partial charge >= 0.3 is 0 Å². The first-order valence-corrected chi connectivity index (χ1v) is 5.43. The number of hydrogen-bond donors (Lipinski definition) is 0. The second-order valence-corrected chi connectivity index (χ2v) is 3.64. The lowest BCUT2D eigenvalue weighted by molar-refractivity contribution is 0.134. The summed E-state index contributed by atoms with van der Waals surface area (Å²) in [5.74, 6) is 0.451. The molecule has 1 unspecified atom stereocenters. The maximum absolute atomic E-state index is 10.6. The monoisotopic (exact) mass is 171 g/mol. The molecule has 1 nitrogen and oxygen atoms in total. The molecule has 0 aromatic carbocycles. The third-order valence-electron chi connectivity index (χ3n) is 2.53. The van der Waals surface area contributed by atoms with E-state index in [2.05, 4.69) is 13.8 Å². The molecule has 0 fully saturated rings. The Balaban J connectivity index is 3.06. The van der Waals surface area contributed by atoms with Crippen LogP contribution < -0.4 is 0 Å². The molecule has 0 aromatic heterocycles. The molecule has 0 aromatic rings. The molecule has 0 spiro atoms. The minimum atomic E-state index is 0.129. The highest BCUT2D eigenvalue weighted by molar-refractivity contribution is 4.55. The van der Waals surface area contributed by atoms with E-state index in [4.69, 9.17) is 0 Å². The second-order valence-electron chi connectivity index (χ2n) is 3.64. The van der Waals surface area contributed by atoms with Crippen molar-refractivity contribution in [3.63, 3.8) is 0 Å². The summed E-state index contributed by atoms with van der Waals surface area (Å²) in [7, 11) is 0. The Labute approximate surface area is 77.2 Å². The molecule has 73 valence electrons. The van der Waals surface area contributed by atoms with Gasteiger partial charge in [-0.25, -0.2) is 5.11 Å². The Morgan fingerprint density at radius 2 is 1.67 bits per heavy atom. The van der Waals surface area contributed by atoms with Gasteiger partial charge in [-0.05, 0) is 12.3 Å². The molecule has 0 amide bonds. The Kier molecular flexibility index (Phi) is 9.02. The Morgan fingerprint density at radius 3 is 2.17 bits per heavy atom. The van der Waals surface area contributed by atoms with Crippen molar-refractivity contribution in [3.05, 3.63) is 0 Å². The summed E-state index contributed by atoms with van der Waals surface area (Å²) < 4.78 is 0. The molecule has 0 heterocycles. The van der Waals surface area contributed by atoms with Gasteiger partial charge in [-0.15, -0.1) is 0 Å². The Bertz CT molecular complexity index is 77.1. The molecule has 0 bridgehead atoms. The van der Waals surface area contributed by atoms with E-state index in [0.717, 1.165) is 12.8 Å². The highest BCUT2D eigenvalue weighted by atomic mass is 16.3. The van der Waals surface area contributed by atoms with Crippen LogP contribution in [0.5, 0.6) is 0 Å². The molecule has 1 heteroatoms. The zero-order valence-electron chi connectivity index (χ0n) is 8.64. The topological polar surface area (TPSA) is 19.9 Å². The third-order valence-corrected chi connectivity index (χ3v) is 2.53. The van der Waals surface area contributed by atoms with Gasteiger partial charge in [0.2, 0.25) is 0 Å². The van der Waals surface area contributed by atoms with Crippen LogP contribution in [0.4, 0.5) is 0 Å². The molecule has 0 saturated heterocycles. The van der Waals surface area contributed by atoms with Crippen molar-refractivity contribution >= 4 is 0 Å². The first-order chi connectivity index (χ1) is 5.85. The van der Waals surface area contributed by atoms with Crippen molar-refractivity contribution in [2.45, 2.75) is 58.8 Å². The molecule has 0 N–H and O–H groups in total. The van der Waals surface area contributed by atoms with Crippen LogP contribution in [0, 0.1) is 5.92 Å². The van der Waals surface area contributed by atoms with Gasteiger partial charge in [0.1, 0.15) is 0 Å². The second kappa shape index (κ2) is 9.05. The summed E-state index contributed by atoms with van der Waals surface area (Å²) in [5, 5.41) is 10.6. The van der Waals surface area contributed by atoms with Crippen LogP contribution in [-0.2, 0) is 5.11 Å². The van der Waals surface area contributed by atoms with E-state index in [9.17, 15) is 5.11 Å². The standard InChI is InChI=1S/C11H23O/c1-3-5-6-7-8-9-11(4-2)10-12/h11H,3-10H2,1-2H3. The predicted octanol–water partition coefficient (Wildman–Crippen LogP) is 3.80. The average Bonchev–Trinajstić information content (AvgIpc) is 2.11. The van der Waals surface area contributed by atoms with Crippen LogP contribution in [-0.4, -0.2) is 6.61 Å². The predicted molar refractivity (Wildman–Crippen MR) is 52.7 cm³/mol. The van der Waals surface area contributed by atoms with Crippen molar-refractivity contribution in [2.24, 2.45) is 5.92 Å². The van der Waals surface area contributed by atoms with E-state index in [-0.39, 0.29) is 6.61 Å². The molecule has 0 saturated carbocycles. The fraction of sp³-hybridized carbons (Fsp3) is 1.00. The van der Waals surface area contributed by atoms with Crippen LogP contribution >= 0.6 is 0 Å². The molecule has 0 aliphatic heterocycles. The smallest absolute Gasteiger partial charge is 0.0850 e. The Morgan fingerprint density at radius 1 is 1.00 bits per heavy atom. The summed E-state index contributed by atoms with van der Waals surface area (Å²) in [6.45, 7) is 4.48. The molecular weight excluding hydrogens is 148 g/mol. The van der Waals surface area contributed by atoms with E-state index < -0.39 is 0 Å². The van der Waals surface area contributed by atoms with Gasteiger partial charge in [-0.3, -0.25) is 0 Å². The minimum absolute atomic E-state index is 0.129. The van der Waals surface area contributed by atoms with Gasteiger partial charge < -0.3 is 0 Å². The van der Waals surface area contributed by atoms with Crippen molar-refractivity contribution in [2.75, 3.05) is 6.61 Å². The lowest BCUT2D eigenvalue weighted by atomic mass is 9.99. The molecule has 0 rings (SSSR count). The zero-order chi connectivity index (χ0) is 9.23. The van der Waals surface area contributed by atoms with Gasteiger partial charge in [0.15, 0.2) is 0 Å². The van der Waals surface area contributed by atoms with Crippen molar-refractivity contribution < 1.29 is 5.11 Å². The first-order valence-electron chi connectivity index (χ1n) is 5.43.